The summed E-state index contributed by atoms with van der Waals surface area (Å²) in [6, 6.07) is 2.93. The Morgan fingerprint density at radius 1 is 1.22 bits per heavy atom. The van der Waals surface area contributed by atoms with Crippen LogP contribution in [0, 0.1) is 17.6 Å². The summed E-state index contributed by atoms with van der Waals surface area (Å²) in [5.41, 5.74) is -0.136. The van der Waals surface area contributed by atoms with E-state index < -0.39 is 17.5 Å². The molecule has 1 aliphatic rings. The molecule has 2 N–H and O–H groups in total. The molecule has 0 saturated carbocycles. The smallest absolute Gasteiger partial charge is 0.256 e. The molecule has 1 aliphatic heterocycles. The van der Waals surface area contributed by atoms with Gasteiger partial charge in [0.25, 0.3) is 5.91 Å². The fourth-order valence-electron chi connectivity index (χ4n) is 2.63. The summed E-state index contributed by atoms with van der Waals surface area (Å²) in [4.78, 5) is 25.7. The van der Waals surface area contributed by atoms with Crippen LogP contribution in [0.4, 0.5) is 8.78 Å². The van der Waals surface area contributed by atoms with Gasteiger partial charge >= 0.3 is 0 Å². The van der Waals surface area contributed by atoms with Gasteiger partial charge in [0.15, 0.2) is 0 Å². The topological polar surface area (TPSA) is 61.4 Å². The third kappa shape index (κ3) is 4.48. The van der Waals surface area contributed by atoms with Gasteiger partial charge in [-0.15, -0.1) is 0 Å². The largest absolute Gasteiger partial charge is 0.355 e. The Hall–Kier alpha value is -2.02. The molecule has 0 radical (unpaired) electrons. The maximum Gasteiger partial charge on any atom is 0.256 e. The third-order valence-corrected chi connectivity index (χ3v) is 3.99. The van der Waals surface area contributed by atoms with E-state index in [1.54, 1.807) is 0 Å². The molecule has 0 aromatic heterocycles. The summed E-state index contributed by atoms with van der Waals surface area (Å²) in [5.74, 6) is -2.18. The Morgan fingerprint density at radius 3 is 2.52 bits per heavy atom. The van der Waals surface area contributed by atoms with Crippen LogP contribution in [-0.4, -0.2) is 49.9 Å². The van der Waals surface area contributed by atoms with Crippen molar-refractivity contribution in [1.29, 1.82) is 0 Å². The Kier molecular flexibility index (Phi) is 6.04. The Morgan fingerprint density at radius 2 is 1.91 bits per heavy atom. The molecule has 1 heterocycles. The van der Waals surface area contributed by atoms with Crippen molar-refractivity contribution < 1.29 is 18.4 Å². The van der Waals surface area contributed by atoms with E-state index >= 15 is 0 Å². The summed E-state index contributed by atoms with van der Waals surface area (Å²) >= 11 is 0. The van der Waals surface area contributed by atoms with E-state index in [4.69, 9.17) is 0 Å². The van der Waals surface area contributed by atoms with Crippen LogP contribution in [0.25, 0.3) is 0 Å². The highest BCUT2D eigenvalue weighted by Crippen LogP contribution is 2.20. The highest BCUT2D eigenvalue weighted by molar-refractivity contribution is 5.94. The van der Waals surface area contributed by atoms with Crippen molar-refractivity contribution in [3.05, 3.63) is 35.4 Å². The van der Waals surface area contributed by atoms with Crippen LogP contribution < -0.4 is 10.6 Å². The molecule has 0 aliphatic carbocycles. The third-order valence-electron chi connectivity index (χ3n) is 3.99. The molecule has 2 amide bonds. The van der Waals surface area contributed by atoms with Crippen LogP contribution >= 0.6 is 0 Å². The van der Waals surface area contributed by atoms with Gasteiger partial charge in [-0.05, 0) is 32.0 Å². The summed E-state index contributed by atoms with van der Waals surface area (Å²) in [6.07, 6.45) is 1.08. The molecule has 23 heavy (non-hydrogen) atoms. The number of piperidine rings is 1. The van der Waals surface area contributed by atoms with E-state index in [-0.39, 0.29) is 17.4 Å². The van der Waals surface area contributed by atoms with Gasteiger partial charge in [0.1, 0.15) is 11.6 Å². The van der Waals surface area contributed by atoms with Crippen LogP contribution in [0.3, 0.4) is 0 Å². The van der Waals surface area contributed by atoms with Gasteiger partial charge in [0, 0.05) is 38.2 Å². The Bertz CT molecular complexity index is 572. The van der Waals surface area contributed by atoms with Gasteiger partial charge in [-0.3, -0.25) is 9.59 Å². The molecule has 5 nitrogen and oxygen atoms in total. The lowest BCUT2D eigenvalue weighted by Gasteiger charge is -2.31. The van der Waals surface area contributed by atoms with Crippen molar-refractivity contribution in [2.45, 2.75) is 12.8 Å². The minimum Gasteiger partial charge on any atom is -0.355 e. The fourth-order valence-corrected chi connectivity index (χ4v) is 2.63. The predicted octanol–water partition coefficient (Wildman–Crippen LogP) is 1.15. The van der Waals surface area contributed by atoms with E-state index in [0.29, 0.717) is 45.1 Å². The van der Waals surface area contributed by atoms with Crippen LogP contribution in [0.5, 0.6) is 0 Å². The van der Waals surface area contributed by atoms with Crippen LogP contribution in [0.2, 0.25) is 0 Å². The number of amides is 2. The molecule has 1 aromatic rings. The zero-order chi connectivity index (χ0) is 16.8. The molecule has 2 rings (SSSR count). The van der Waals surface area contributed by atoms with Gasteiger partial charge in [-0.25, -0.2) is 8.78 Å². The summed E-state index contributed by atoms with van der Waals surface area (Å²) < 4.78 is 26.6. The Balaban J connectivity index is 1.88. The second kappa shape index (κ2) is 8.01. The first kappa shape index (κ1) is 17.3. The quantitative estimate of drug-likeness (QED) is 0.799. The van der Waals surface area contributed by atoms with Gasteiger partial charge in [-0.2, -0.15) is 0 Å². The van der Waals surface area contributed by atoms with E-state index in [1.807, 2.05) is 7.05 Å². The molecular formula is C16H21F2N3O2. The summed E-state index contributed by atoms with van der Waals surface area (Å²) in [7, 11) is 1.81. The molecule has 1 fully saturated rings. The second-order valence-electron chi connectivity index (χ2n) is 5.59. The summed E-state index contributed by atoms with van der Waals surface area (Å²) in [6.45, 7) is 2.04. The van der Waals surface area contributed by atoms with Crippen LogP contribution in [-0.2, 0) is 4.79 Å². The number of carbonyl (C=O) groups excluding carboxylic acids is 2. The normalized spacial score (nSPS) is 15.5. The number of carbonyl (C=O) groups is 2. The van der Waals surface area contributed by atoms with Crippen molar-refractivity contribution in [3.63, 3.8) is 0 Å². The number of benzene rings is 1. The van der Waals surface area contributed by atoms with Gasteiger partial charge < -0.3 is 15.5 Å². The zero-order valence-corrected chi connectivity index (χ0v) is 13.1. The first-order valence-corrected chi connectivity index (χ1v) is 7.69. The van der Waals surface area contributed by atoms with Crippen molar-refractivity contribution in [3.8, 4) is 0 Å². The molecule has 1 saturated heterocycles. The molecule has 0 bridgehead atoms. The van der Waals surface area contributed by atoms with Crippen molar-refractivity contribution in [1.82, 2.24) is 15.5 Å². The maximum atomic E-state index is 13.7. The van der Waals surface area contributed by atoms with E-state index in [9.17, 15) is 18.4 Å². The highest BCUT2D eigenvalue weighted by atomic mass is 19.1. The van der Waals surface area contributed by atoms with Crippen molar-refractivity contribution in [2.75, 3.05) is 33.2 Å². The molecule has 126 valence electrons. The maximum absolute atomic E-state index is 13.7. The summed E-state index contributed by atoms with van der Waals surface area (Å²) in [5, 5.41) is 5.78. The number of likely N-dealkylation sites (tertiary alicyclic amines) is 1. The monoisotopic (exact) mass is 325 g/mol. The highest BCUT2D eigenvalue weighted by Gasteiger charge is 2.28. The van der Waals surface area contributed by atoms with Crippen molar-refractivity contribution in [2.24, 2.45) is 5.92 Å². The van der Waals surface area contributed by atoms with E-state index in [2.05, 4.69) is 10.6 Å². The van der Waals surface area contributed by atoms with Gasteiger partial charge in [0.05, 0.1) is 5.56 Å². The lowest BCUT2D eigenvalue weighted by Crippen LogP contribution is -2.44. The second-order valence-corrected chi connectivity index (χ2v) is 5.59. The lowest BCUT2D eigenvalue weighted by atomic mass is 9.95. The standard InChI is InChI=1S/C16H21F2N3O2/c1-19-6-7-20-15(22)11-4-8-21(9-5-11)16(23)13-3-2-12(17)10-14(13)18/h2-3,10-11,19H,4-9H2,1H3,(H,20,22). The number of rotatable bonds is 5. The number of nitrogens with one attached hydrogen (secondary N) is 2. The number of nitrogens with zero attached hydrogens (tertiary/aromatic N) is 1. The number of hydrogen-bond acceptors (Lipinski definition) is 3. The minimum atomic E-state index is -0.859. The van der Waals surface area contributed by atoms with E-state index in [0.717, 1.165) is 12.1 Å². The molecular weight excluding hydrogens is 304 g/mol. The first-order chi connectivity index (χ1) is 11.0. The number of hydrogen-bond donors (Lipinski definition) is 2. The zero-order valence-electron chi connectivity index (χ0n) is 13.1. The predicted molar refractivity (Wildman–Crippen MR) is 81.9 cm³/mol. The lowest BCUT2D eigenvalue weighted by molar-refractivity contribution is -0.126. The molecule has 0 spiro atoms. The van der Waals surface area contributed by atoms with E-state index in [1.165, 1.54) is 4.90 Å². The molecule has 0 unspecified atom stereocenters. The average molecular weight is 325 g/mol. The Labute approximate surface area is 134 Å². The van der Waals surface area contributed by atoms with Crippen LogP contribution in [0.1, 0.15) is 23.2 Å². The molecule has 1 aromatic carbocycles. The van der Waals surface area contributed by atoms with Gasteiger partial charge in [0.2, 0.25) is 5.91 Å². The number of halogens is 2. The number of likely N-dealkylation sites (N-methyl/N-ethyl adjacent to an activating group) is 1. The minimum absolute atomic E-state index is 0.0136. The fraction of sp³-hybridized carbons (Fsp3) is 0.500. The SMILES string of the molecule is CNCCNC(=O)C1CCN(C(=O)c2ccc(F)cc2F)CC1. The van der Waals surface area contributed by atoms with Gasteiger partial charge in [-0.1, -0.05) is 0 Å². The molecule has 7 heteroatoms. The average Bonchev–Trinajstić information content (AvgIpc) is 2.54. The van der Waals surface area contributed by atoms with Crippen LogP contribution in [0.15, 0.2) is 18.2 Å². The first-order valence-electron chi connectivity index (χ1n) is 7.69. The van der Waals surface area contributed by atoms with Crippen molar-refractivity contribution >= 4 is 11.8 Å². The molecule has 0 atom stereocenters.